The normalized spacial score (nSPS) is 12.6. The molecule has 1 aromatic heterocycles. The molecule has 0 aliphatic rings. The van der Waals surface area contributed by atoms with E-state index < -0.39 is 0 Å². The Morgan fingerprint density at radius 3 is 2.00 bits per heavy atom. The largest absolute Gasteiger partial charge is 0.352 e. The highest BCUT2D eigenvalue weighted by molar-refractivity contribution is 5.94. The number of amides is 1. The van der Waals surface area contributed by atoms with Crippen molar-refractivity contribution in [3.63, 3.8) is 0 Å². The van der Waals surface area contributed by atoms with Gasteiger partial charge in [-0.25, -0.2) is 0 Å². The third kappa shape index (κ3) is 3.79. The summed E-state index contributed by atoms with van der Waals surface area (Å²) >= 11 is 0. The molecular weight excluding hydrogens is 324 g/mol. The number of hydrogen-bond donors (Lipinski definition) is 1. The quantitative estimate of drug-likeness (QED) is 0.681. The van der Waals surface area contributed by atoms with E-state index in [1.165, 1.54) is 0 Å². The fourth-order valence-corrected chi connectivity index (χ4v) is 3.37. The zero-order chi connectivity index (χ0) is 18.7. The van der Waals surface area contributed by atoms with Crippen molar-refractivity contribution in [3.8, 4) is 0 Å². The zero-order valence-corrected chi connectivity index (χ0v) is 15.7. The molecule has 0 aliphatic heterocycles. The number of rotatable bonds is 6. The highest BCUT2D eigenvalue weighted by atomic mass is 16.2. The maximum absolute atomic E-state index is 12.7. The van der Waals surface area contributed by atoms with Crippen molar-refractivity contribution in [1.29, 1.82) is 0 Å². The molecule has 26 heavy (non-hydrogen) atoms. The highest BCUT2D eigenvalue weighted by Gasteiger charge is 2.14. The summed E-state index contributed by atoms with van der Waals surface area (Å²) in [6.07, 6.45) is 2.06. The van der Waals surface area contributed by atoms with Gasteiger partial charge in [-0.05, 0) is 49.9 Å². The number of carbonyl (C=O) groups excluding carboxylic acids is 1. The van der Waals surface area contributed by atoms with Gasteiger partial charge in [0.2, 0.25) is 5.91 Å². The summed E-state index contributed by atoms with van der Waals surface area (Å²) in [5.41, 5.74) is 1.60. The Bertz CT molecular complexity index is 928. The van der Waals surface area contributed by atoms with E-state index in [0.717, 1.165) is 23.9 Å². The number of nitrogens with one attached hydrogen (secondary N) is 1. The lowest BCUT2D eigenvalue weighted by atomic mass is 10.0. The van der Waals surface area contributed by atoms with Crippen molar-refractivity contribution in [1.82, 2.24) is 9.88 Å². The molecule has 3 rings (SSSR count). The van der Waals surface area contributed by atoms with E-state index in [4.69, 9.17) is 0 Å². The monoisotopic (exact) mass is 350 g/mol. The van der Waals surface area contributed by atoms with Crippen LogP contribution in [-0.2, 0) is 11.3 Å². The van der Waals surface area contributed by atoms with Crippen LogP contribution >= 0.6 is 0 Å². The molecule has 0 unspecified atom stereocenters. The Balaban J connectivity index is 1.95. The van der Waals surface area contributed by atoms with E-state index in [1.54, 1.807) is 0 Å². The second-order valence-corrected chi connectivity index (χ2v) is 7.39. The fourth-order valence-electron chi connectivity index (χ4n) is 3.37. The molecule has 0 bridgehead atoms. The predicted octanol–water partition coefficient (Wildman–Crippen LogP) is 4.10. The van der Waals surface area contributed by atoms with Gasteiger partial charge >= 0.3 is 0 Å². The number of carbonyl (C=O) groups is 1. The number of pyridine rings is 1. The molecule has 0 spiro atoms. The molecule has 0 saturated carbocycles. The van der Waals surface area contributed by atoms with Crippen LogP contribution in [0.15, 0.2) is 53.3 Å². The second-order valence-electron chi connectivity index (χ2n) is 7.39. The smallest absolute Gasteiger partial charge is 0.240 e. The number of benzene rings is 2. The summed E-state index contributed by atoms with van der Waals surface area (Å²) in [4.78, 5) is 25.4. The second kappa shape index (κ2) is 7.73. The SMILES string of the molecule is CC(C)CC[C@@H](C)NC(=O)Cn1c2ccccc2c(=O)c2ccccc21. The molecule has 1 atom stereocenters. The molecule has 4 nitrogen and oxygen atoms in total. The number of hydrogen-bond acceptors (Lipinski definition) is 2. The van der Waals surface area contributed by atoms with Crippen LogP contribution in [0.4, 0.5) is 0 Å². The molecule has 4 heteroatoms. The highest BCUT2D eigenvalue weighted by Crippen LogP contribution is 2.19. The van der Waals surface area contributed by atoms with Crippen LogP contribution in [0.3, 0.4) is 0 Å². The number of para-hydroxylation sites is 2. The lowest BCUT2D eigenvalue weighted by Crippen LogP contribution is -2.35. The first-order valence-electron chi connectivity index (χ1n) is 9.27. The van der Waals surface area contributed by atoms with Gasteiger partial charge < -0.3 is 9.88 Å². The van der Waals surface area contributed by atoms with Crippen molar-refractivity contribution < 1.29 is 4.79 Å². The number of fused-ring (bicyclic) bond motifs is 2. The van der Waals surface area contributed by atoms with Crippen molar-refractivity contribution in [2.24, 2.45) is 5.92 Å². The molecule has 1 amide bonds. The molecule has 0 saturated heterocycles. The van der Waals surface area contributed by atoms with E-state index >= 15 is 0 Å². The molecule has 0 aliphatic carbocycles. The predicted molar refractivity (Wildman–Crippen MR) is 107 cm³/mol. The molecule has 1 N–H and O–H groups in total. The molecule has 1 heterocycles. The third-order valence-electron chi connectivity index (χ3n) is 4.77. The van der Waals surface area contributed by atoms with Crippen LogP contribution in [0.2, 0.25) is 0 Å². The van der Waals surface area contributed by atoms with Crippen LogP contribution in [0.5, 0.6) is 0 Å². The lowest BCUT2D eigenvalue weighted by Gasteiger charge is -2.18. The number of nitrogens with zero attached hydrogens (tertiary/aromatic N) is 1. The minimum atomic E-state index is -0.0276. The standard InChI is InChI=1S/C22H26N2O2/c1-15(2)12-13-16(3)23-21(25)14-24-19-10-6-4-8-17(19)22(26)18-9-5-7-11-20(18)24/h4-11,15-16H,12-14H2,1-3H3,(H,23,25)/t16-/m1/s1. The van der Waals surface area contributed by atoms with Gasteiger partial charge in [-0.1, -0.05) is 38.1 Å². The first-order valence-corrected chi connectivity index (χ1v) is 9.27. The van der Waals surface area contributed by atoms with E-state index in [1.807, 2.05) is 60.0 Å². The number of aromatic nitrogens is 1. The van der Waals surface area contributed by atoms with Gasteiger partial charge in [-0.3, -0.25) is 9.59 Å². The molecule has 2 aromatic carbocycles. The molecule has 136 valence electrons. The Labute approximate surface area is 153 Å². The van der Waals surface area contributed by atoms with E-state index in [9.17, 15) is 9.59 Å². The Kier molecular flexibility index (Phi) is 5.40. The van der Waals surface area contributed by atoms with Crippen LogP contribution in [0.1, 0.15) is 33.6 Å². The first-order chi connectivity index (χ1) is 12.5. The van der Waals surface area contributed by atoms with Crippen molar-refractivity contribution >= 4 is 27.7 Å². The minimum absolute atomic E-state index is 0.0122. The van der Waals surface area contributed by atoms with E-state index in [0.29, 0.717) is 16.7 Å². The van der Waals surface area contributed by atoms with Gasteiger partial charge in [0.15, 0.2) is 5.43 Å². The summed E-state index contributed by atoms with van der Waals surface area (Å²) in [7, 11) is 0. The summed E-state index contributed by atoms with van der Waals surface area (Å²) in [5, 5.41) is 4.38. The lowest BCUT2D eigenvalue weighted by molar-refractivity contribution is -0.122. The van der Waals surface area contributed by atoms with Crippen LogP contribution in [0, 0.1) is 5.92 Å². The average molecular weight is 350 g/mol. The van der Waals surface area contributed by atoms with Crippen LogP contribution < -0.4 is 10.7 Å². The average Bonchev–Trinajstić information content (AvgIpc) is 2.63. The van der Waals surface area contributed by atoms with Gasteiger partial charge in [0.25, 0.3) is 0 Å². The molecule has 0 fully saturated rings. The maximum atomic E-state index is 12.7. The summed E-state index contributed by atoms with van der Waals surface area (Å²) < 4.78 is 1.94. The molecular formula is C22H26N2O2. The Morgan fingerprint density at radius 2 is 1.46 bits per heavy atom. The topological polar surface area (TPSA) is 51.1 Å². The third-order valence-corrected chi connectivity index (χ3v) is 4.77. The van der Waals surface area contributed by atoms with Crippen molar-refractivity contribution in [3.05, 3.63) is 58.8 Å². The van der Waals surface area contributed by atoms with Crippen molar-refractivity contribution in [2.75, 3.05) is 0 Å². The van der Waals surface area contributed by atoms with Gasteiger partial charge in [0, 0.05) is 16.8 Å². The van der Waals surface area contributed by atoms with E-state index in [-0.39, 0.29) is 23.9 Å². The summed E-state index contributed by atoms with van der Waals surface area (Å²) in [6, 6.07) is 15.1. The fraction of sp³-hybridized carbons (Fsp3) is 0.364. The Morgan fingerprint density at radius 1 is 0.923 bits per heavy atom. The van der Waals surface area contributed by atoms with Gasteiger partial charge in [-0.2, -0.15) is 0 Å². The van der Waals surface area contributed by atoms with Gasteiger partial charge in [0.05, 0.1) is 11.0 Å². The van der Waals surface area contributed by atoms with Crippen LogP contribution in [0.25, 0.3) is 21.8 Å². The Hall–Kier alpha value is -2.62. The molecule has 3 aromatic rings. The summed E-state index contributed by atoms with van der Waals surface area (Å²) in [5.74, 6) is 0.599. The molecule has 0 radical (unpaired) electrons. The van der Waals surface area contributed by atoms with E-state index in [2.05, 4.69) is 19.2 Å². The maximum Gasteiger partial charge on any atom is 0.240 e. The van der Waals surface area contributed by atoms with Gasteiger partial charge in [0.1, 0.15) is 6.54 Å². The van der Waals surface area contributed by atoms with Crippen LogP contribution in [-0.4, -0.2) is 16.5 Å². The van der Waals surface area contributed by atoms with Gasteiger partial charge in [-0.15, -0.1) is 0 Å². The minimum Gasteiger partial charge on any atom is -0.352 e. The van der Waals surface area contributed by atoms with Crippen molar-refractivity contribution in [2.45, 2.75) is 46.2 Å². The zero-order valence-electron chi connectivity index (χ0n) is 15.7. The first kappa shape index (κ1) is 18.2. The summed E-state index contributed by atoms with van der Waals surface area (Å²) in [6.45, 7) is 6.62.